The smallest absolute Gasteiger partial charge is 0.291 e. The molecule has 0 saturated heterocycles. The molecule has 0 aliphatic heterocycles. The van der Waals surface area contributed by atoms with Crippen LogP contribution in [0.1, 0.15) is 54.5 Å². The van der Waals surface area contributed by atoms with Crippen LogP contribution in [0.3, 0.4) is 0 Å². The molecule has 0 atom stereocenters. The molecule has 0 aromatic carbocycles. The Morgan fingerprint density at radius 3 is 2.48 bits per heavy atom. The van der Waals surface area contributed by atoms with Crippen molar-refractivity contribution in [3.05, 3.63) is 27.7 Å². The quantitative estimate of drug-likeness (QED) is 0.823. The fourth-order valence-corrected chi connectivity index (χ4v) is 2.81. The van der Waals surface area contributed by atoms with Crippen molar-refractivity contribution in [1.82, 2.24) is 24.4 Å². The molecule has 2 aromatic heterocycles. The summed E-state index contributed by atoms with van der Waals surface area (Å²) >= 11 is 0. The first-order chi connectivity index (χ1) is 12.5. The van der Waals surface area contributed by atoms with Crippen molar-refractivity contribution in [2.75, 3.05) is 14.1 Å². The number of amides is 2. The normalized spacial score (nSPS) is 14.4. The molecule has 3 rings (SSSR count). The van der Waals surface area contributed by atoms with Gasteiger partial charge in [-0.2, -0.15) is 9.61 Å². The van der Waals surface area contributed by atoms with Crippen LogP contribution < -0.4 is 10.9 Å². The molecule has 2 N–H and O–H groups in total. The van der Waals surface area contributed by atoms with E-state index in [-0.39, 0.29) is 34.3 Å². The average Bonchev–Trinajstić information content (AvgIpc) is 3.24. The number of nitrogens with one attached hydrogen (secondary N) is 1. The van der Waals surface area contributed by atoms with Crippen molar-refractivity contribution < 1.29 is 14.7 Å². The van der Waals surface area contributed by atoms with E-state index in [9.17, 15) is 19.5 Å². The molecule has 27 heavy (non-hydrogen) atoms. The van der Waals surface area contributed by atoms with Crippen molar-refractivity contribution in [2.24, 2.45) is 5.41 Å². The Labute approximate surface area is 156 Å². The molecule has 9 nitrogen and oxygen atoms in total. The van der Waals surface area contributed by atoms with Crippen molar-refractivity contribution in [3.63, 3.8) is 0 Å². The lowest BCUT2D eigenvalue weighted by Crippen LogP contribution is -2.35. The van der Waals surface area contributed by atoms with Crippen LogP contribution in [-0.2, 0) is 6.54 Å². The monoisotopic (exact) mass is 375 g/mol. The zero-order valence-electron chi connectivity index (χ0n) is 16.2. The lowest BCUT2D eigenvalue weighted by molar-refractivity contribution is 0.0821. The van der Waals surface area contributed by atoms with Gasteiger partial charge in [-0.1, -0.05) is 20.8 Å². The van der Waals surface area contributed by atoms with Gasteiger partial charge in [0.2, 0.25) is 5.88 Å². The summed E-state index contributed by atoms with van der Waals surface area (Å²) < 4.78 is 2.48. The van der Waals surface area contributed by atoms with Gasteiger partial charge in [-0.25, -0.2) is 0 Å². The van der Waals surface area contributed by atoms with Crippen LogP contribution in [0.2, 0.25) is 0 Å². The lowest BCUT2D eigenvalue weighted by atomic mass is 9.96. The van der Waals surface area contributed by atoms with Gasteiger partial charge in [-0.15, -0.1) is 0 Å². The molecular formula is C18H25N5O4. The zero-order valence-corrected chi connectivity index (χ0v) is 16.2. The van der Waals surface area contributed by atoms with Gasteiger partial charge in [0, 0.05) is 32.7 Å². The van der Waals surface area contributed by atoms with E-state index in [2.05, 4.69) is 10.4 Å². The van der Waals surface area contributed by atoms with E-state index in [1.807, 2.05) is 20.8 Å². The van der Waals surface area contributed by atoms with Gasteiger partial charge in [0.05, 0.1) is 0 Å². The average molecular weight is 375 g/mol. The molecule has 2 aromatic rings. The number of aromatic hydroxyl groups is 1. The minimum atomic E-state index is -0.747. The maximum Gasteiger partial charge on any atom is 0.291 e. The van der Waals surface area contributed by atoms with Crippen LogP contribution in [0.15, 0.2) is 10.9 Å². The van der Waals surface area contributed by atoms with Crippen molar-refractivity contribution in [3.8, 4) is 5.88 Å². The summed E-state index contributed by atoms with van der Waals surface area (Å²) in [6.45, 7) is 6.22. The standard InChI is InChI=1S/C18H25N5O4/c1-18(2,3)9-22-12-8-11(15(25)21(4)5)20-23(12)17(27)13(16(22)26)14(24)19-10-6-7-10/h8,10,26H,6-7,9H2,1-5H3,(H,19,24). The molecule has 1 saturated carbocycles. The second-order valence-electron chi connectivity index (χ2n) is 8.40. The lowest BCUT2D eigenvalue weighted by Gasteiger charge is -2.23. The van der Waals surface area contributed by atoms with Crippen LogP contribution in [-0.4, -0.2) is 56.1 Å². The van der Waals surface area contributed by atoms with Gasteiger partial charge in [-0.3, -0.25) is 19.0 Å². The summed E-state index contributed by atoms with van der Waals surface area (Å²) in [6, 6.07) is 1.49. The number of fused-ring (bicyclic) bond motifs is 1. The van der Waals surface area contributed by atoms with Gasteiger partial charge in [0.25, 0.3) is 17.4 Å². The van der Waals surface area contributed by atoms with Gasteiger partial charge in [0.15, 0.2) is 11.3 Å². The summed E-state index contributed by atoms with van der Waals surface area (Å²) in [5, 5.41) is 17.6. The summed E-state index contributed by atoms with van der Waals surface area (Å²) in [7, 11) is 3.17. The Hall–Kier alpha value is -2.84. The third-order valence-electron chi connectivity index (χ3n) is 4.25. The second kappa shape index (κ2) is 6.40. The topological polar surface area (TPSA) is 109 Å². The number of carbonyl (C=O) groups is 2. The summed E-state index contributed by atoms with van der Waals surface area (Å²) in [4.78, 5) is 39.0. The highest BCUT2D eigenvalue weighted by molar-refractivity contribution is 5.97. The first-order valence-corrected chi connectivity index (χ1v) is 8.87. The highest BCUT2D eigenvalue weighted by atomic mass is 16.3. The Balaban J connectivity index is 2.25. The largest absolute Gasteiger partial charge is 0.494 e. The van der Waals surface area contributed by atoms with E-state index in [0.717, 1.165) is 17.4 Å². The Bertz CT molecular complexity index is 976. The molecule has 1 aliphatic carbocycles. The van der Waals surface area contributed by atoms with E-state index in [1.54, 1.807) is 14.1 Å². The number of rotatable bonds is 4. The molecule has 0 radical (unpaired) electrons. The zero-order chi connectivity index (χ0) is 20.1. The van der Waals surface area contributed by atoms with Crippen LogP contribution in [0.25, 0.3) is 5.65 Å². The van der Waals surface area contributed by atoms with Crippen LogP contribution in [0, 0.1) is 5.41 Å². The Kier molecular flexibility index (Phi) is 4.49. The van der Waals surface area contributed by atoms with Crippen LogP contribution >= 0.6 is 0 Å². The van der Waals surface area contributed by atoms with E-state index in [4.69, 9.17) is 0 Å². The fraction of sp³-hybridized carbons (Fsp3) is 0.556. The molecule has 146 valence electrons. The number of nitrogens with zero attached hydrogens (tertiary/aromatic N) is 4. The second-order valence-corrected chi connectivity index (χ2v) is 8.40. The van der Waals surface area contributed by atoms with Crippen molar-refractivity contribution >= 4 is 17.5 Å². The van der Waals surface area contributed by atoms with E-state index in [0.29, 0.717) is 6.54 Å². The molecule has 0 spiro atoms. The van der Waals surface area contributed by atoms with Crippen LogP contribution in [0.4, 0.5) is 0 Å². The molecule has 9 heteroatoms. The van der Waals surface area contributed by atoms with E-state index in [1.165, 1.54) is 15.5 Å². The van der Waals surface area contributed by atoms with E-state index >= 15 is 0 Å². The third-order valence-corrected chi connectivity index (χ3v) is 4.25. The third kappa shape index (κ3) is 3.67. The molecule has 2 amide bonds. The molecule has 1 aliphatic rings. The van der Waals surface area contributed by atoms with Gasteiger partial charge in [0.1, 0.15) is 5.65 Å². The van der Waals surface area contributed by atoms with Crippen molar-refractivity contribution in [2.45, 2.75) is 46.2 Å². The number of carbonyl (C=O) groups excluding carboxylic acids is 2. The minimum absolute atomic E-state index is 0.0339. The molecule has 0 unspecified atom stereocenters. The maximum absolute atomic E-state index is 12.9. The molecule has 0 bridgehead atoms. The summed E-state index contributed by atoms with van der Waals surface area (Å²) in [5.74, 6) is -1.41. The molecule has 1 fully saturated rings. The number of hydrogen-bond acceptors (Lipinski definition) is 5. The summed E-state index contributed by atoms with van der Waals surface area (Å²) in [5.41, 5.74) is -1.03. The van der Waals surface area contributed by atoms with Gasteiger partial charge in [-0.05, 0) is 18.3 Å². The predicted octanol–water partition coefficient (Wildman–Crippen LogP) is 0.842. The van der Waals surface area contributed by atoms with Crippen LogP contribution in [0.5, 0.6) is 5.88 Å². The number of hydrogen-bond donors (Lipinski definition) is 2. The maximum atomic E-state index is 12.9. The fourth-order valence-electron chi connectivity index (χ4n) is 2.81. The summed E-state index contributed by atoms with van der Waals surface area (Å²) in [6.07, 6.45) is 1.71. The predicted molar refractivity (Wildman–Crippen MR) is 99.1 cm³/mol. The number of aromatic nitrogens is 3. The molecular weight excluding hydrogens is 350 g/mol. The highest BCUT2D eigenvalue weighted by Gasteiger charge is 2.30. The van der Waals surface area contributed by atoms with Gasteiger partial charge >= 0.3 is 0 Å². The highest BCUT2D eigenvalue weighted by Crippen LogP contribution is 2.26. The Morgan fingerprint density at radius 1 is 1.33 bits per heavy atom. The van der Waals surface area contributed by atoms with E-state index < -0.39 is 17.3 Å². The first-order valence-electron chi connectivity index (χ1n) is 8.87. The molecule has 2 heterocycles. The minimum Gasteiger partial charge on any atom is -0.494 e. The SMILES string of the molecule is CN(C)C(=O)c1cc2n(CC(C)(C)C)c(O)c(C(=O)NC3CC3)c(=O)n2n1. The Morgan fingerprint density at radius 2 is 1.96 bits per heavy atom. The van der Waals surface area contributed by atoms with Crippen molar-refractivity contribution in [1.29, 1.82) is 0 Å². The van der Waals surface area contributed by atoms with Gasteiger partial charge < -0.3 is 15.3 Å². The first kappa shape index (κ1) is 18.9.